The Bertz CT molecular complexity index is 867. The van der Waals surface area contributed by atoms with Crippen molar-refractivity contribution < 1.29 is 14.4 Å². The Morgan fingerprint density at radius 1 is 1.17 bits per heavy atom. The molecule has 30 heavy (non-hydrogen) atoms. The van der Waals surface area contributed by atoms with Gasteiger partial charge in [0.15, 0.2) is 0 Å². The summed E-state index contributed by atoms with van der Waals surface area (Å²) in [6.45, 7) is 3.00. The van der Waals surface area contributed by atoms with E-state index in [0.717, 1.165) is 25.8 Å². The molecule has 8 nitrogen and oxygen atoms in total. The zero-order chi connectivity index (χ0) is 21.4. The quantitative estimate of drug-likeness (QED) is 0.559. The lowest BCUT2D eigenvalue weighted by Crippen LogP contribution is -2.75. The molecule has 3 aliphatic heterocycles. The van der Waals surface area contributed by atoms with Gasteiger partial charge in [-0.15, -0.1) is 0 Å². The van der Waals surface area contributed by atoms with E-state index in [4.69, 9.17) is 23.2 Å². The summed E-state index contributed by atoms with van der Waals surface area (Å²) in [5.41, 5.74) is 0.459. The molecule has 3 heterocycles. The molecule has 4 rings (SSSR count). The van der Waals surface area contributed by atoms with Crippen LogP contribution in [0.3, 0.4) is 0 Å². The summed E-state index contributed by atoms with van der Waals surface area (Å²) < 4.78 is 0. The maximum absolute atomic E-state index is 13.0. The summed E-state index contributed by atoms with van der Waals surface area (Å²) in [5.74, 6) is -2.42. The van der Waals surface area contributed by atoms with E-state index >= 15 is 0 Å². The van der Waals surface area contributed by atoms with E-state index in [2.05, 4.69) is 33.1 Å². The first kappa shape index (κ1) is 21.4. The van der Waals surface area contributed by atoms with Crippen LogP contribution in [-0.4, -0.2) is 47.7 Å². The van der Waals surface area contributed by atoms with Gasteiger partial charge in [0.25, 0.3) is 0 Å². The van der Waals surface area contributed by atoms with Crippen molar-refractivity contribution in [1.29, 1.82) is 0 Å². The van der Waals surface area contributed by atoms with Crippen LogP contribution in [0.2, 0.25) is 10.0 Å². The standard InChI is InChI=1S/C20H25Cl2N5O3/c1-10-4-2-3-7-27(10)20-25-17-16(19(30)26-20)12(9-15(28)24-17)18(29)23-11-5-6-13(21)14(22)8-11/h5-6,8,10,12,16-17,20,25H,2-4,7,9H2,1H3,(H,23,29)(H,24,28)(H,26,30). The molecule has 5 atom stereocenters. The van der Waals surface area contributed by atoms with Crippen molar-refractivity contribution in [1.82, 2.24) is 20.9 Å². The Labute approximate surface area is 185 Å². The first-order valence-corrected chi connectivity index (χ1v) is 11.0. The molecule has 1 aromatic rings. The van der Waals surface area contributed by atoms with Crippen LogP contribution in [0.15, 0.2) is 18.2 Å². The van der Waals surface area contributed by atoms with Crippen LogP contribution in [0.5, 0.6) is 0 Å². The minimum atomic E-state index is -0.801. The molecule has 3 fully saturated rings. The minimum absolute atomic E-state index is 0.0613. The van der Waals surface area contributed by atoms with Gasteiger partial charge in [-0.1, -0.05) is 29.6 Å². The monoisotopic (exact) mass is 453 g/mol. The van der Waals surface area contributed by atoms with Gasteiger partial charge in [-0.25, -0.2) is 0 Å². The molecule has 0 saturated carbocycles. The third-order valence-electron chi connectivity index (χ3n) is 6.14. The van der Waals surface area contributed by atoms with Gasteiger partial charge in [0, 0.05) is 24.7 Å². The van der Waals surface area contributed by atoms with Gasteiger partial charge in [0.05, 0.1) is 28.0 Å². The predicted molar refractivity (Wildman–Crippen MR) is 114 cm³/mol. The van der Waals surface area contributed by atoms with Gasteiger partial charge in [-0.3, -0.25) is 24.6 Å². The number of hydrogen-bond acceptors (Lipinski definition) is 5. The summed E-state index contributed by atoms with van der Waals surface area (Å²) in [6.07, 6.45) is 2.25. The highest BCUT2D eigenvalue weighted by Gasteiger charge is 2.49. The zero-order valence-corrected chi connectivity index (χ0v) is 18.1. The number of carbonyl (C=O) groups is 3. The first-order chi connectivity index (χ1) is 14.3. The van der Waals surface area contributed by atoms with Crippen LogP contribution in [-0.2, 0) is 14.4 Å². The highest BCUT2D eigenvalue weighted by atomic mass is 35.5. The van der Waals surface area contributed by atoms with E-state index in [1.165, 1.54) is 6.07 Å². The Kier molecular flexibility index (Phi) is 6.20. The molecule has 3 saturated heterocycles. The fourth-order valence-corrected chi connectivity index (χ4v) is 4.85. The molecular formula is C20H25Cl2N5O3. The topological polar surface area (TPSA) is 103 Å². The highest BCUT2D eigenvalue weighted by Crippen LogP contribution is 2.30. The Balaban J connectivity index is 1.50. The van der Waals surface area contributed by atoms with Crippen molar-refractivity contribution in [2.75, 3.05) is 11.9 Å². The number of likely N-dealkylation sites (tertiary alicyclic amines) is 1. The predicted octanol–water partition coefficient (Wildman–Crippen LogP) is 1.89. The number of rotatable bonds is 3. The van der Waals surface area contributed by atoms with Crippen molar-refractivity contribution in [2.45, 2.75) is 51.1 Å². The van der Waals surface area contributed by atoms with Crippen LogP contribution in [0.1, 0.15) is 32.6 Å². The number of benzene rings is 1. The molecule has 10 heteroatoms. The molecule has 0 aliphatic carbocycles. The van der Waals surface area contributed by atoms with Gasteiger partial charge in [0.1, 0.15) is 6.29 Å². The molecule has 5 unspecified atom stereocenters. The maximum atomic E-state index is 13.0. The minimum Gasteiger partial charge on any atom is -0.340 e. The zero-order valence-electron chi connectivity index (χ0n) is 16.6. The highest BCUT2D eigenvalue weighted by molar-refractivity contribution is 6.42. The number of carbonyl (C=O) groups excluding carboxylic acids is 3. The molecule has 1 aromatic carbocycles. The van der Waals surface area contributed by atoms with Crippen molar-refractivity contribution >= 4 is 46.6 Å². The molecular weight excluding hydrogens is 429 g/mol. The SMILES string of the molecule is CC1CCCCN1C1NC(=O)C2C(NC(=O)CC2C(=O)Nc2ccc(Cl)c(Cl)c2)N1. The van der Waals surface area contributed by atoms with Gasteiger partial charge in [-0.2, -0.15) is 0 Å². The maximum Gasteiger partial charge on any atom is 0.229 e. The number of piperidine rings is 2. The average molecular weight is 454 g/mol. The molecule has 0 radical (unpaired) electrons. The number of amides is 3. The van der Waals surface area contributed by atoms with Crippen molar-refractivity contribution in [3.8, 4) is 0 Å². The number of halogens is 2. The van der Waals surface area contributed by atoms with E-state index in [-0.39, 0.29) is 24.5 Å². The Hall–Kier alpha value is -1.87. The molecule has 0 bridgehead atoms. The Morgan fingerprint density at radius 3 is 2.70 bits per heavy atom. The largest absolute Gasteiger partial charge is 0.340 e. The second kappa shape index (κ2) is 8.70. The number of nitrogens with zero attached hydrogens (tertiary/aromatic N) is 1. The van der Waals surface area contributed by atoms with E-state index < -0.39 is 23.9 Å². The van der Waals surface area contributed by atoms with Gasteiger partial charge in [0.2, 0.25) is 17.7 Å². The third kappa shape index (κ3) is 4.27. The fraction of sp³-hybridized carbons (Fsp3) is 0.550. The van der Waals surface area contributed by atoms with E-state index in [1.807, 2.05) is 0 Å². The summed E-state index contributed by atoms with van der Waals surface area (Å²) in [4.78, 5) is 40.5. The number of anilines is 1. The van der Waals surface area contributed by atoms with Crippen molar-refractivity contribution in [2.24, 2.45) is 11.8 Å². The van der Waals surface area contributed by atoms with Crippen LogP contribution < -0.4 is 21.3 Å². The summed E-state index contributed by atoms with van der Waals surface area (Å²) in [5, 5.41) is 12.6. The summed E-state index contributed by atoms with van der Waals surface area (Å²) in [7, 11) is 0. The van der Waals surface area contributed by atoms with Crippen LogP contribution in [0.25, 0.3) is 0 Å². The number of fused-ring (bicyclic) bond motifs is 1. The smallest absolute Gasteiger partial charge is 0.229 e. The van der Waals surface area contributed by atoms with Crippen molar-refractivity contribution in [3.63, 3.8) is 0 Å². The second-order valence-corrected chi connectivity index (χ2v) is 8.97. The second-order valence-electron chi connectivity index (χ2n) is 8.16. The molecule has 3 amide bonds. The van der Waals surface area contributed by atoms with Crippen LogP contribution in [0.4, 0.5) is 5.69 Å². The molecule has 162 valence electrons. The lowest BCUT2D eigenvalue weighted by molar-refractivity contribution is -0.148. The molecule has 4 N–H and O–H groups in total. The molecule has 3 aliphatic rings. The Morgan fingerprint density at radius 2 is 1.97 bits per heavy atom. The summed E-state index contributed by atoms with van der Waals surface area (Å²) >= 11 is 11.9. The fourth-order valence-electron chi connectivity index (χ4n) is 4.55. The van der Waals surface area contributed by atoms with E-state index in [9.17, 15) is 14.4 Å². The van der Waals surface area contributed by atoms with Crippen LogP contribution in [0, 0.1) is 11.8 Å². The van der Waals surface area contributed by atoms with E-state index in [0.29, 0.717) is 21.8 Å². The van der Waals surface area contributed by atoms with Crippen LogP contribution >= 0.6 is 23.2 Å². The normalized spacial score (nSPS) is 32.0. The van der Waals surface area contributed by atoms with Crippen molar-refractivity contribution in [3.05, 3.63) is 28.2 Å². The molecule has 0 aromatic heterocycles. The number of hydrogen-bond donors (Lipinski definition) is 4. The first-order valence-electron chi connectivity index (χ1n) is 10.2. The number of nitrogens with one attached hydrogen (secondary N) is 4. The van der Waals surface area contributed by atoms with Gasteiger partial charge >= 0.3 is 0 Å². The van der Waals surface area contributed by atoms with Gasteiger partial charge < -0.3 is 16.0 Å². The lowest BCUT2D eigenvalue weighted by Gasteiger charge is -2.48. The average Bonchev–Trinajstić information content (AvgIpc) is 2.70. The summed E-state index contributed by atoms with van der Waals surface area (Å²) in [6, 6.07) is 5.06. The molecule has 0 spiro atoms. The lowest BCUT2D eigenvalue weighted by atomic mass is 9.81. The van der Waals surface area contributed by atoms with E-state index in [1.54, 1.807) is 12.1 Å². The van der Waals surface area contributed by atoms with Gasteiger partial charge in [-0.05, 0) is 38.0 Å². The third-order valence-corrected chi connectivity index (χ3v) is 6.88.